The fourth-order valence-corrected chi connectivity index (χ4v) is 3.79. The van der Waals surface area contributed by atoms with E-state index in [9.17, 15) is 13.2 Å². The van der Waals surface area contributed by atoms with Gasteiger partial charge in [0.25, 0.3) is 0 Å². The maximum Gasteiger partial charge on any atom is 0.239 e. The number of rotatable bonds is 6. The minimum atomic E-state index is -3.56. The second-order valence-electron chi connectivity index (χ2n) is 5.95. The zero-order valence-electron chi connectivity index (χ0n) is 13.6. The van der Waals surface area contributed by atoms with Gasteiger partial charge in [-0.2, -0.15) is 0 Å². The quantitative estimate of drug-likeness (QED) is 0.840. The number of para-hydroxylation sites is 1. The van der Waals surface area contributed by atoms with Gasteiger partial charge in [0.1, 0.15) is 5.75 Å². The van der Waals surface area contributed by atoms with Gasteiger partial charge in [-0.1, -0.05) is 55.8 Å². The van der Waals surface area contributed by atoms with Crippen molar-refractivity contribution in [2.24, 2.45) is 0 Å². The summed E-state index contributed by atoms with van der Waals surface area (Å²) in [6.45, 7) is 4.03. The van der Waals surface area contributed by atoms with E-state index in [4.69, 9.17) is 11.6 Å². The van der Waals surface area contributed by atoms with Gasteiger partial charge in [0.05, 0.1) is 5.75 Å². The Hall–Kier alpha value is -1.85. The Balaban J connectivity index is 2.05. The third kappa shape index (κ3) is 5.35. The fraction of sp³-hybridized carbons (Fsp3) is 0.278. The molecular formula is C18H20ClNO3S. The van der Waals surface area contributed by atoms with Gasteiger partial charge in [0.15, 0.2) is 9.84 Å². The summed E-state index contributed by atoms with van der Waals surface area (Å²) < 4.78 is 24.4. The van der Waals surface area contributed by atoms with E-state index in [1.165, 1.54) is 0 Å². The molecule has 6 heteroatoms. The number of carbonyl (C=O) groups is 1. The second-order valence-corrected chi connectivity index (χ2v) is 8.45. The van der Waals surface area contributed by atoms with Crippen molar-refractivity contribution in [3.05, 3.63) is 64.7 Å². The number of anilines is 1. The van der Waals surface area contributed by atoms with E-state index >= 15 is 0 Å². The van der Waals surface area contributed by atoms with Crippen molar-refractivity contribution < 1.29 is 13.2 Å². The van der Waals surface area contributed by atoms with E-state index in [0.717, 1.165) is 5.56 Å². The number of benzene rings is 2. The van der Waals surface area contributed by atoms with Gasteiger partial charge in [-0.3, -0.25) is 4.79 Å². The van der Waals surface area contributed by atoms with Crippen LogP contribution in [0.15, 0.2) is 48.5 Å². The van der Waals surface area contributed by atoms with E-state index in [2.05, 4.69) is 5.32 Å². The van der Waals surface area contributed by atoms with E-state index in [-0.39, 0.29) is 11.7 Å². The molecule has 0 atom stereocenters. The second kappa shape index (κ2) is 7.81. The average Bonchev–Trinajstić information content (AvgIpc) is 2.49. The molecule has 128 valence electrons. The Bertz CT molecular complexity index is 814. The number of nitrogens with one attached hydrogen (secondary N) is 1. The molecule has 2 rings (SSSR count). The maximum atomic E-state index is 12.2. The number of hydrogen-bond donors (Lipinski definition) is 1. The van der Waals surface area contributed by atoms with Gasteiger partial charge >= 0.3 is 0 Å². The summed E-state index contributed by atoms with van der Waals surface area (Å²) in [5.74, 6) is -1.05. The lowest BCUT2D eigenvalue weighted by Gasteiger charge is -2.13. The van der Waals surface area contributed by atoms with Crippen molar-refractivity contribution in [1.29, 1.82) is 0 Å². The lowest BCUT2D eigenvalue weighted by atomic mass is 10.0. The van der Waals surface area contributed by atoms with Gasteiger partial charge in [0, 0.05) is 10.7 Å². The lowest BCUT2D eigenvalue weighted by Crippen LogP contribution is -2.24. The molecule has 0 aliphatic heterocycles. The molecule has 0 bridgehead atoms. The van der Waals surface area contributed by atoms with Crippen LogP contribution in [0.3, 0.4) is 0 Å². The number of amides is 1. The Morgan fingerprint density at radius 2 is 1.71 bits per heavy atom. The predicted molar refractivity (Wildman–Crippen MR) is 98.1 cm³/mol. The standard InChI is InChI=1S/C18H20ClNO3S/c1-13(2)16-5-3-4-6-17(16)20-18(21)12-24(22,23)11-14-7-9-15(19)10-8-14/h3-10,13H,11-12H2,1-2H3,(H,20,21). The Morgan fingerprint density at radius 1 is 1.08 bits per heavy atom. The smallest absolute Gasteiger partial charge is 0.239 e. The molecule has 0 fully saturated rings. The summed E-state index contributed by atoms with van der Waals surface area (Å²) in [4.78, 5) is 12.1. The van der Waals surface area contributed by atoms with Crippen LogP contribution >= 0.6 is 11.6 Å². The molecule has 2 aromatic carbocycles. The van der Waals surface area contributed by atoms with Crippen molar-refractivity contribution in [1.82, 2.24) is 0 Å². The molecule has 0 saturated carbocycles. The molecule has 0 saturated heterocycles. The summed E-state index contributed by atoms with van der Waals surface area (Å²) in [6, 6.07) is 13.9. The summed E-state index contributed by atoms with van der Waals surface area (Å²) >= 11 is 5.78. The van der Waals surface area contributed by atoms with Crippen LogP contribution in [0, 0.1) is 0 Å². The first-order valence-electron chi connectivity index (χ1n) is 7.60. The molecule has 2 aromatic rings. The molecule has 0 aliphatic rings. The summed E-state index contributed by atoms with van der Waals surface area (Å²) in [6.07, 6.45) is 0. The monoisotopic (exact) mass is 365 g/mol. The van der Waals surface area contributed by atoms with E-state index in [0.29, 0.717) is 16.3 Å². The fourth-order valence-electron chi connectivity index (χ4n) is 2.39. The number of hydrogen-bond acceptors (Lipinski definition) is 3. The van der Waals surface area contributed by atoms with Gasteiger partial charge in [-0.25, -0.2) is 8.42 Å². The van der Waals surface area contributed by atoms with Crippen LogP contribution in [0.4, 0.5) is 5.69 Å². The zero-order valence-corrected chi connectivity index (χ0v) is 15.2. The molecule has 1 N–H and O–H groups in total. The number of sulfone groups is 1. The SMILES string of the molecule is CC(C)c1ccccc1NC(=O)CS(=O)(=O)Cc1ccc(Cl)cc1. The predicted octanol–water partition coefficient (Wildman–Crippen LogP) is 4.02. The molecular weight excluding hydrogens is 346 g/mol. The normalized spacial score (nSPS) is 11.5. The van der Waals surface area contributed by atoms with Crippen molar-refractivity contribution >= 4 is 33.0 Å². The third-order valence-electron chi connectivity index (χ3n) is 3.51. The Labute approximate surface area is 147 Å². The summed E-state index contributed by atoms with van der Waals surface area (Å²) in [5.41, 5.74) is 2.23. The number of carbonyl (C=O) groups excluding carboxylic acids is 1. The number of halogens is 1. The van der Waals surface area contributed by atoms with Crippen molar-refractivity contribution in [2.75, 3.05) is 11.1 Å². The van der Waals surface area contributed by atoms with Crippen LogP contribution in [0.5, 0.6) is 0 Å². The molecule has 0 unspecified atom stereocenters. The van der Waals surface area contributed by atoms with Crippen LogP contribution in [0.2, 0.25) is 5.02 Å². The van der Waals surface area contributed by atoms with E-state index < -0.39 is 21.5 Å². The average molecular weight is 366 g/mol. The van der Waals surface area contributed by atoms with Crippen molar-refractivity contribution in [3.8, 4) is 0 Å². The Morgan fingerprint density at radius 3 is 2.33 bits per heavy atom. The van der Waals surface area contributed by atoms with Gasteiger partial charge in [0.2, 0.25) is 5.91 Å². The third-order valence-corrected chi connectivity index (χ3v) is 5.23. The molecule has 0 heterocycles. The van der Waals surface area contributed by atoms with Crippen molar-refractivity contribution in [2.45, 2.75) is 25.5 Å². The topological polar surface area (TPSA) is 63.2 Å². The molecule has 0 aromatic heterocycles. The molecule has 0 spiro atoms. The largest absolute Gasteiger partial charge is 0.325 e. The Kier molecular flexibility index (Phi) is 6.02. The molecule has 1 amide bonds. The van der Waals surface area contributed by atoms with Crippen molar-refractivity contribution in [3.63, 3.8) is 0 Å². The first-order valence-corrected chi connectivity index (χ1v) is 9.80. The van der Waals surface area contributed by atoms with Crippen LogP contribution in [0.1, 0.15) is 30.9 Å². The van der Waals surface area contributed by atoms with Crippen LogP contribution in [-0.4, -0.2) is 20.1 Å². The van der Waals surface area contributed by atoms with E-state index in [1.807, 2.05) is 32.0 Å². The molecule has 24 heavy (non-hydrogen) atoms. The molecule has 0 radical (unpaired) electrons. The summed E-state index contributed by atoms with van der Waals surface area (Å²) in [5, 5.41) is 3.24. The maximum absolute atomic E-state index is 12.2. The van der Waals surface area contributed by atoms with Gasteiger partial charge in [-0.15, -0.1) is 0 Å². The highest BCUT2D eigenvalue weighted by Crippen LogP contribution is 2.23. The van der Waals surface area contributed by atoms with Crippen LogP contribution in [-0.2, 0) is 20.4 Å². The first-order chi connectivity index (χ1) is 11.3. The molecule has 0 aliphatic carbocycles. The van der Waals surface area contributed by atoms with Crippen LogP contribution in [0.25, 0.3) is 0 Å². The summed E-state index contributed by atoms with van der Waals surface area (Å²) in [7, 11) is -3.56. The van der Waals surface area contributed by atoms with Crippen LogP contribution < -0.4 is 5.32 Å². The lowest BCUT2D eigenvalue weighted by molar-refractivity contribution is -0.113. The molecule has 4 nitrogen and oxygen atoms in total. The zero-order chi connectivity index (χ0) is 17.7. The van der Waals surface area contributed by atoms with Gasteiger partial charge < -0.3 is 5.32 Å². The highest BCUT2D eigenvalue weighted by molar-refractivity contribution is 7.91. The van der Waals surface area contributed by atoms with Gasteiger partial charge in [-0.05, 0) is 35.2 Å². The minimum Gasteiger partial charge on any atom is -0.325 e. The first kappa shape index (κ1) is 18.5. The minimum absolute atomic E-state index is 0.191. The highest BCUT2D eigenvalue weighted by Gasteiger charge is 2.18. The highest BCUT2D eigenvalue weighted by atomic mass is 35.5. The van der Waals surface area contributed by atoms with E-state index in [1.54, 1.807) is 30.3 Å².